The quantitative estimate of drug-likeness (QED) is 0.563. The first-order valence-electron chi connectivity index (χ1n) is 9.45. The molecule has 0 bridgehead atoms. The van der Waals surface area contributed by atoms with Gasteiger partial charge in [0.15, 0.2) is 9.84 Å². The standard InChI is InChI=1S/C22H19Cl2N3O3S/c1-12-3-8-19-20(9-12)27-21(26-19)16-10-13(4-7-17(16)23)25-22(28)15-6-5-14(11-18(15)24)31(2,29)30/h3-9,11,16H,10H2,1-2H3,(H,25,28)(H,26,27). The number of halogens is 2. The molecule has 160 valence electrons. The number of rotatable bonds is 4. The van der Waals surface area contributed by atoms with Gasteiger partial charge in [-0.2, -0.15) is 0 Å². The Balaban J connectivity index is 1.55. The summed E-state index contributed by atoms with van der Waals surface area (Å²) in [6.45, 7) is 2.01. The lowest BCUT2D eigenvalue weighted by molar-refractivity contribution is 0.0964. The van der Waals surface area contributed by atoms with Gasteiger partial charge in [0.2, 0.25) is 0 Å². The van der Waals surface area contributed by atoms with Crippen LogP contribution < -0.4 is 5.32 Å². The largest absolute Gasteiger partial charge is 0.341 e. The fourth-order valence-corrected chi connectivity index (χ4v) is 4.66. The van der Waals surface area contributed by atoms with E-state index in [1.807, 2.05) is 25.1 Å². The summed E-state index contributed by atoms with van der Waals surface area (Å²) < 4.78 is 23.3. The Labute approximate surface area is 189 Å². The molecule has 0 radical (unpaired) electrons. The summed E-state index contributed by atoms with van der Waals surface area (Å²) in [6, 6.07) is 10.0. The lowest BCUT2D eigenvalue weighted by Crippen LogP contribution is -2.25. The molecule has 1 aliphatic rings. The maximum atomic E-state index is 12.7. The van der Waals surface area contributed by atoms with Gasteiger partial charge in [-0.3, -0.25) is 4.79 Å². The number of aryl methyl sites for hydroxylation is 1. The summed E-state index contributed by atoms with van der Waals surface area (Å²) in [5.41, 5.74) is 3.74. The van der Waals surface area contributed by atoms with Crippen LogP contribution in [0.3, 0.4) is 0 Å². The molecule has 4 rings (SSSR count). The molecule has 1 unspecified atom stereocenters. The number of aromatic nitrogens is 2. The molecule has 0 spiro atoms. The van der Waals surface area contributed by atoms with Crippen LogP contribution in [0.5, 0.6) is 0 Å². The Morgan fingerprint density at radius 2 is 1.94 bits per heavy atom. The number of amides is 1. The van der Waals surface area contributed by atoms with Crippen molar-refractivity contribution in [2.75, 3.05) is 6.26 Å². The molecule has 1 atom stereocenters. The number of allylic oxidation sites excluding steroid dienone is 4. The second kappa shape index (κ2) is 8.15. The van der Waals surface area contributed by atoms with Crippen LogP contribution in [0.2, 0.25) is 5.02 Å². The highest BCUT2D eigenvalue weighted by Crippen LogP contribution is 2.35. The summed E-state index contributed by atoms with van der Waals surface area (Å²) in [4.78, 5) is 20.8. The molecule has 0 saturated carbocycles. The molecule has 3 aromatic rings. The van der Waals surface area contributed by atoms with Gasteiger partial charge in [-0.15, -0.1) is 0 Å². The number of aromatic amines is 1. The van der Waals surface area contributed by atoms with Gasteiger partial charge in [0.1, 0.15) is 5.82 Å². The molecule has 1 heterocycles. The number of benzene rings is 2. The molecular formula is C22H19Cl2N3O3S. The fourth-order valence-electron chi connectivity index (χ4n) is 3.43. The van der Waals surface area contributed by atoms with Crippen molar-refractivity contribution < 1.29 is 13.2 Å². The first-order valence-corrected chi connectivity index (χ1v) is 12.1. The molecule has 1 aliphatic carbocycles. The number of hydrogen-bond donors (Lipinski definition) is 2. The molecule has 31 heavy (non-hydrogen) atoms. The van der Waals surface area contributed by atoms with Crippen LogP contribution in [-0.4, -0.2) is 30.5 Å². The van der Waals surface area contributed by atoms with Crippen LogP contribution in [0.15, 0.2) is 64.2 Å². The Kier molecular flexibility index (Phi) is 5.68. The SMILES string of the molecule is Cc1ccc2nc(C3CC(NC(=O)c4ccc(S(C)(=O)=O)cc4Cl)=CC=C3Cl)[nH]c2c1. The minimum atomic E-state index is -3.41. The third kappa shape index (κ3) is 4.54. The number of sulfone groups is 1. The second-order valence-corrected chi connectivity index (χ2v) is 10.4. The van der Waals surface area contributed by atoms with Crippen molar-refractivity contribution in [3.8, 4) is 0 Å². The van der Waals surface area contributed by atoms with Crippen molar-refractivity contribution in [1.29, 1.82) is 0 Å². The van der Waals surface area contributed by atoms with E-state index < -0.39 is 15.7 Å². The van der Waals surface area contributed by atoms with Gasteiger partial charge in [-0.05, 0) is 55.0 Å². The van der Waals surface area contributed by atoms with Crippen molar-refractivity contribution in [3.63, 3.8) is 0 Å². The Bertz CT molecular complexity index is 1370. The van der Waals surface area contributed by atoms with E-state index >= 15 is 0 Å². The van der Waals surface area contributed by atoms with Crippen LogP contribution in [-0.2, 0) is 9.84 Å². The van der Waals surface area contributed by atoms with Gasteiger partial charge >= 0.3 is 0 Å². The van der Waals surface area contributed by atoms with Crippen LogP contribution >= 0.6 is 23.2 Å². The Hall–Kier alpha value is -2.61. The minimum absolute atomic E-state index is 0.0563. The Morgan fingerprint density at radius 3 is 2.65 bits per heavy atom. The average Bonchev–Trinajstić information content (AvgIpc) is 3.11. The molecule has 0 aliphatic heterocycles. The van der Waals surface area contributed by atoms with Crippen LogP contribution in [0.4, 0.5) is 0 Å². The fraction of sp³-hybridized carbons (Fsp3) is 0.182. The first kappa shape index (κ1) is 21.6. The number of carbonyl (C=O) groups is 1. The van der Waals surface area contributed by atoms with Crippen molar-refractivity contribution in [1.82, 2.24) is 15.3 Å². The van der Waals surface area contributed by atoms with Gasteiger partial charge in [-0.25, -0.2) is 13.4 Å². The zero-order valence-corrected chi connectivity index (χ0v) is 19.1. The van der Waals surface area contributed by atoms with Crippen molar-refractivity contribution in [3.05, 3.63) is 81.3 Å². The number of nitrogens with one attached hydrogen (secondary N) is 2. The number of fused-ring (bicyclic) bond motifs is 1. The number of H-pyrrole nitrogens is 1. The summed E-state index contributed by atoms with van der Waals surface area (Å²) >= 11 is 12.6. The summed E-state index contributed by atoms with van der Waals surface area (Å²) in [7, 11) is -3.41. The summed E-state index contributed by atoms with van der Waals surface area (Å²) in [5, 5.41) is 3.52. The Morgan fingerprint density at radius 1 is 1.16 bits per heavy atom. The first-order chi connectivity index (χ1) is 14.6. The predicted octanol–water partition coefficient (Wildman–Crippen LogP) is 4.85. The third-order valence-electron chi connectivity index (χ3n) is 5.07. The molecule has 1 aromatic heterocycles. The minimum Gasteiger partial charge on any atom is -0.341 e. The number of hydrogen-bond acceptors (Lipinski definition) is 4. The van der Waals surface area contributed by atoms with Gasteiger partial charge in [0.25, 0.3) is 5.91 Å². The van der Waals surface area contributed by atoms with Gasteiger partial charge in [0.05, 0.1) is 32.4 Å². The van der Waals surface area contributed by atoms with E-state index in [0.29, 0.717) is 17.2 Å². The van der Waals surface area contributed by atoms with E-state index in [2.05, 4.69) is 15.3 Å². The molecule has 2 N–H and O–H groups in total. The normalized spacial score (nSPS) is 16.7. The zero-order valence-electron chi connectivity index (χ0n) is 16.7. The second-order valence-electron chi connectivity index (χ2n) is 7.51. The average molecular weight is 476 g/mol. The maximum absolute atomic E-state index is 12.7. The van der Waals surface area contributed by atoms with E-state index in [1.54, 1.807) is 12.2 Å². The predicted molar refractivity (Wildman–Crippen MR) is 122 cm³/mol. The monoisotopic (exact) mass is 475 g/mol. The maximum Gasteiger partial charge on any atom is 0.256 e. The van der Waals surface area contributed by atoms with Crippen LogP contribution in [0.25, 0.3) is 11.0 Å². The lowest BCUT2D eigenvalue weighted by Gasteiger charge is -2.20. The molecule has 0 saturated heterocycles. The summed E-state index contributed by atoms with van der Waals surface area (Å²) in [6.07, 6.45) is 5.00. The van der Waals surface area contributed by atoms with Gasteiger partial charge in [-0.1, -0.05) is 29.3 Å². The number of carbonyl (C=O) groups excluding carboxylic acids is 1. The molecule has 1 amide bonds. The molecule has 0 fully saturated rings. The summed E-state index contributed by atoms with van der Waals surface area (Å²) in [5.74, 6) is 0.0664. The van der Waals surface area contributed by atoms with Crippen molar-refractivity contribution in [2.24, 2.45) is 0 Å². The van der Waals surface area contributed by atoms with Crippen LogP contribution in [0.1, 0.15) is 34.1 Å². The molecule has 2 aromatic carbocycles. The highest BCUT2D eigenvalue weighted by Gasteiger charge is 2.25. The smallest absolute Gasteiger partial charge is 0.256 e. The third-order valence-corrected chi connectivity index (χ3v) is 6.89. The topological polar surface area (TPSA) is 91.9 Å². The van der Waals surface area contributed by atoms with E-state index in [1.165, 1.54) is 18.2 Å². The molecule has 6 nitrogen and oxygen atoms in total. The van der Waals surface area contributed by atoms with Crippen molar-refractivity contribution >= 4 is 50.0 Å². The number of imidazole rings is 1. The van der Waals surface area contributed by atoms with Crippen LogP contribution in [0, 0.1) is 6.92 Å². The van der Waals surface area contributed by atoms with Crippen molar-refractivity contribution in [2.45, 2.75) is 24.2 Å². The lowest BCUT2D eigenvalue weighted by atomic mass is 9.97. The zero-order chi connectivity index (χ0) is 22.3. The number of nitrogens with zero attached hydrogens (tertiary/aromatic N) is 1. The molecule has 9 heteroatoms. The van der Waals surface area contributed by atoms with E-state index in [4.69, 9.17) is 23.2 Å². The highest BCUT2D eigenvalue weighted by molar-refractivity contribution is 7.90. The molecular weight excluding hydrogens is 457 g/mol. The van der Waals surface area contributed by atoms with Gasteiger partial charge in [0, 0.05) is 23.4 Å². The van der Waals surface area contributed by atoms with E-state index in [-0.39, 0.29) is 21.4 Å². The van der Waals surface area contributed by atoms with E-state index in [9.17, 15) is 13.2 Å². The van der Waals surface area contributed by atoms with Gasteiger partial charge < -0.3 is 10.3 Å². The van der Waals surface area contributed by atoms with E-state index in [0.717, 1.165) is 28.7 Å². The highest BCUT2D eigenvalue weighted by atomic mass is 35.5.